The fourth-order valence-corrected chi connectivity index (χ4v) is 2.64. The molecule has 0 saturated heterocycles. The van der Waals surface area contributed by atoms with Crippen LogP contribution < -0.4 is 5.32 Å². The third-order valence-electron chi connectivity index (χ3n) is 3.92. The highest BCUT2D eigenvalue weighted by Gasteiger charge is 2.25. The van der Waals surface area contributed by atoms with Crippen LogP contribution in [-0.4, -0.2) is 17.6 Å². The van der Waals surface area contributed by atoms with E-state index >= 15 is 0 Å². The molecule has 0 unspecified atom stereocenters. The molecule has 98 valence electrons. The first-order valence-electron chi connectivity index (χ1n) is 6.69. The maximum atomic E-state index is 10.9. The summed E-state index contributed by atoms with van der Waals surface area (Å²) < 4.78 is 0. The third-order valence-corrected chi connectivity index (χ3v) is 3.92. The Morgan fingerprint density at radius 3 is 2.56 bits per heavy atom. The molecule has 2 rings (SSSR count). The van der Waals surface area contributed by atoms with E-state index in [1.807, 2.05) is 12.1 Å². The summed E-state index contributed by atoms with van der Waals surface area (Å²) in [6, 6.07) is 8.27. The number of anilines is 1. The highest BCUT2D eigenvalue weighted by Crippen LogP contribution is 2.29. The zero-order chi connectivity index (χ0) is 13.0. The molecule has 0 aliphatic heterocycles. The quantitative estimate of drug-likeness (QED) is 0.858. The Morgan fingerprint density at radius 2 is 1.94 bits per heavy atom. The lowest BCUT2D eigenvalue weighted by molar-refractivity contribution is -0.143. The van der Waals surface area contributed by atoms with Crippen molar-refractivity contribution in [3.63, 3.8) is 0 Å². The van der Waals surface area contributed by atoms with Crippen molar-refractivity contribution in [2.75, 3.05) is 11.9 Å². The largest absolute Gasteiger partial charge is 0.481 e. The van der Waals surface area contributed by atoms with E-state index in [4.69, 9.17) is 5.11 Å². The Hall–Kier alpha value is -1.51. The number of hydrogen-bond donors (Lipinski definition) is 2. The predicted octanol–water partition coefficient (Wildman–Crippen LogP) is 3.30. The second kappa shape index (κ2) is 5.89. The average Bonchev–Trinajstić information content (AvgIpc) is 2.38. The smallest absolute Gasteiger partial charge is 0.306 e. The van der Waals surface area contributed by atoms with E-state index in [0.717, 1.165) is 32.2 Å². The van der Waals surface area contributed by atoms with Gasteiger partial charge in [0.15, 0.2) is 0 Å². The highest BCUT2D eigenvalue weighted by atomic mass is 16.4. The van der Waals surface area contributed by atoms with E-state index in [-0.39, 0.29) is 5.92 Å². The molecular formula is C15H21NO2. The van der Waals surface area contributed by atoms with Crippen molar-refractivity contribution in [2.45, 2.75) is 32.6 Å². The van der Waals surface area contributed by atoms with Crippen LogP contribution in [0.5, 0.6) is 0 Å². The Bertz CT molecular complexity index is 409. The van der Waals surface area contributed by atoms with Gasteiger partial charge in [0.2, 0.25) is 0 Å². The summed E-state index contributed by atoms with van der Waals surface area (Å²) in [4.78, 5) is 10.9. The molecule has 1 aromatic carbocycles. The number of benzene rings is 1. The summed E-state index contributed by atoms with van der Waals surface area (Å²) in [7, 11) is 0. The Balaban J connectivity index is 1.79. The number of carboxylic acid groups (broad SMARTS) is 1. The lowest BCUT2D eigenvalue weighted by Crippen LogP contribution is -2.25. The van der Waals surface area contributed by atoms with Crippen LogP contribution in [0.1, 0.15) is 31.2 Å². The van der Waals surface area contributed by atoms with Crippen LogP contribution in [0.25, 0.3) is 0 Å². The van der Waals surface area contributed by atoms with E-state index in [1.165, 1.54) is 11.3 Å². The number of carboxylic acids is 1. The first-order chi connectivity index (χ1) is 8.66. The van der Waals surface area contributed by atoms with Crippen LogP contribution in [-0.2, 0) is 4.79 Å². The molecule has 1 fully saturated rings. The fourth-order valence-electron chi connectivity index (χ4n) is 2.64. The van der Waals surface area contributed by atoms with Crippen LogP contribution in [0, 0.1) is 18.8 Å². The first kappa shape index (κ1) is 12.9. The molecule has 0 spiro atoms. The summed E-state index contributed by atoms with van der Waals surface area (Å²) >= 11 is 0. The molecule has 1 aromatic rings. The molecular weight excluding hydrogens is 226 g/mol. The second-order valence-corrected chi connectivity index (χ2v) is 5.25. The Kier molecular flexibility index (Phi) is 4.24. The summed E-state index contributed by atoms with van der Waals surface area (Å²) in [6.07, 6.45) is 3.70. The topological polar surface area (TPSA) is 49.3 Å². The summed E-state index contributed by atoms with van der Waals surface area (Å²) in [5.74, 6) is -0.125. The van der Waals surface area contributed by atoms with Gasteiger partial charge in [-0.2, -0.15) is 0 Å². The van der Waals surface area contributed by atoms with Crippen LogP contribution in [0.3, 0.4) is 0 Å². The average molecular weight is 247 g/mol. The van der Waals surface area contributed by atoms with Gasteiger partial charge in [-0.1, -0.05) is 18.2 Å². The molecule has 0 radical (unpaired) electrons. The maximum Gasteiger partial charge on any atom is 0.306 e. The van der Waals surface area contributed by atoms with Crippen LogP contribution in [0.15, 0.2) is 24.3 Å². The van der Waals surface area contributed by atoms with E-state index in [0.29, 0.717) is 5.92 Å². The van der Waals surface area contributed by atoms with Gasteiger partial charge < -0.3 is 10.4 Å². The molecule has 3 nitrogen and oxygen atoms in total. The normalized spacial score (nSPS) is 23.6. The molecule has 0 aromatic heterocycles. The molecule has 2 N–H and O–H groups in total. The Labute approximate surface area is 108 Å². The van der Waals surface area contributed by atoms with Crippen molar-refractivity contribution < 1.29 is 9.90 Å². The van der Waals surface area contributed by atoms with Gasteiger partial charge in [-0.25, -0.2) is 0 Å². The van der Waals surface area contributed by atoms with Gasteiger partial charge in [-0.3, -0.25) is 4.79 Å². The zero-order valence-electron chi connectivity index (χ0n) is 10.9. The second-order valence-electron chi connectivity index (χ2n) is 5.25. The molecule has 0 atom stereocenters. The summed E-state index contributed by atoms with van der Waals surface area (Å²) in [5, 5.41) is 12.4. The van der Waals surface area contributed by atoms with Crippen molar-refractivity contribution in [2.24, 2.45) is 11.8 Å². The minimum absolute atomic E-state index is 0.111. The van der Waals surface area contributed by atoms with E-state index in [2.05, 4.69) is 24.4 Å². The van der Waals surface area contributed by atoms with Crippen molar-refractivity contribution in [3.8, 4) is 0 Å². The van der Waals surface area contributed by atoms with Gasteiger partial charge >= 0.3 is 5.97 Å². The molecule has 18 heavy (non-hydrogen) atoms. The number of aryl methyl sites for hydroxylation is 1. The molecule has 0 bridgehead atoms. The zero-order valence-corrected chi connectivity index (χ0v) is 10.9. The van der Waals surface area contributed by atoms with Crippen molar-refractivity contribution in [1.29, 1.82) is 0 Å². The highest BCUT2D eigenvalue weighted by molar-refractivity contribution is 5.70. The third kappa shape index (κ3) is 3.25. The number of carbonyl (C=O) groups is 1. The van der Waals surface area contributed by atoms with Gasteiger partial charge in [0.25, 0.3) is 0 Å². The van der Waals surface area contributed by atoms with Gasteiger partial charge in [-0.15, -0.1) is 0 Å². The van der Waals surface area contributed by atoms with Gasteiger partial charge in [0.05, 0.1) is 5.92 Å². The number of para-hydroxylation sites is 1. The minimum Gasteiger partial charge on any atom is -0.481 e. The summed E-state index contributed by atoms with van der Waals surface area (Å²) in [6.45, 7) is 3.06. The van der Waals surface area contributed by atoms with Gasteiger partial charge in [-0.05, 0) is 50.2 Å². The van der Waals surface area contributed by atoms with E-state index in [9.17, 15) is 4.79 Å². The van der Waals surface area contributed by atoms with E-state index in [1.54, 1.807) is 0 Å². The number of aliphatic carboxylic acids is 1. The van der Waals surface area contributed by atoms with Gasteiger partial charge in [0, 0.05) is 12.2 Å². The minimum atomic E-state index is -0.625. The lowest BCUT2D eigenvalue weighted by atomic mass is 9.82. The summed E-state index contributed by atoms with van der Waals surface area (Å²) in [5.41, 5.74) is 2.45. The number of nitrogens with one attached hydrogen (secondary N) is 1. The molecule has 0 heterocycles. The number of rotatable bonds is 4. The van der Waals surface area contributed by atoms with E-state index < -0.39 is 5.97 Å². The van der Waals surface area contributed by atoms with Crippen LogP contribution in [0.4, 0.5) is 5.69 Å². The standard InChI is InChI=1S/C15H21NO2/c1-11-4-2-3-5-14(11)16-10-12-6-8-13(9-7-12)15(17)18/h2-5,12-13,16H,6-10H2,1H3,(H,17,18). The van der Waals surface area contributed by atoms with Crippen LogP contribution in [0.2, 0.25) is 0 Å². The first-order valence-corrected chi connectivity index (χ1v) is 6.69. The molecule has 1 aliphatic rings. The van der Waals surface area contributed by atoms with Crippen molar-refractivity contribution in [1.82, 2.24) is 0 Å². The SMILES string of the molecule is Cc1ccccc1NCC1CCC(C(=O)O)CC1. The predicted molar refractivity (Wildman–Crippen MR) is 72.8 cm³/mol. The maximum absolute atomic E-state index is 10.9. The lowest BCUT2D eigenvalue weighted by Gasteiger charge is -2.26. The molecule has 1 aliphatic carbocycles. The molecule has 1 saturated carbocycles. The Morgan fingerprint density at radius 1 is 1.28 bits per heavy atom. The van der Waals surface area contributed by atoms with Gasteiger partial charge in [0.1, 0.15) is 0 Å². The van der Waals surface area contributed by atoms with Crippen molar-refractivity contribution in [3.05, 3.63) is 29.8 Å². The van der Waals surface area contributed by atoms with Crippen LogP contribution >= 0.6 is 0 Å². The molecule has 0 amide bonds. The molecule has 3 heteroatoms. The fraction of sp³-hybridized carbons (Fsp3) is 0.533. The number of hydrogen-bond acceptors (Lipinski definition) is 2. The van der Waals surface area contributed by atoms with Crippen molar-refractivity contribution >= 4 is 11.7 Å². The monoisotopic (exact) mass is 247 g/mol.